The molecule has 0 aromatic carbocycles. The number of halogens is 1. The number of likely N-dealkylation sites (tertiary alicyclic amines) is 1. The fourth-order valence-corrected chi connectivity index (χ4v) is 3.80. The summed E-state index contributed by atoms with van der Waals surface area (Å²) in [5, 5.41) is 17.8. The highest BCUT2D eigenvalue weighted by molar-refractivity contribution is 9.10. The number of aromatic amines is 1. The van der Waals surface area contributed by atoms with Crippen molar-refractivity contribution in [2.75, 3.05) is 18.9 Å². The van der Waals surface area contributed by atoms with Crippen LogP contribution in [0, 0.1) is 17.0 Å². The van der Waals surface area contributed by atoms with Crippen molar-refractivity contribution in [1.29, 1.82) is 0 Å². The second kappa shape index (κ2) is 7.50. The Balaban J connectivity index is 1.77. The van der Waals surface area contributed by atoms with E-state index in [1.807, 2.05) is 12.1 Å². The highest BCUT2D eigenvalue weighted by atomic mass is 79.9. The molecule has 10 heteroatoms. The van der Waals surface area contributed by atoms with Gasteiger partial charge in [-0.25, -0.2) is 15.1 Å². The molecule has 2 unspecified atom stereocenters. The van der Waals surface area contributed by atoms with E-state index in [2.05, 4.69) is 38.4 Å². The molecule has 0 aliphatic carbocycles. The van der Waals surface area contributed by atoms with Gasteiger partial charge >= 0.3 is 11.7 Å². The van der Waals surface area contributed by atoms with Crippen LogP contribution in [-0.2, 0) is 11.3 Å². The topological polar surface area (TPSA) is 109 Å². The van der Waals surface area contributed by atoms with Gasteiger partial charge in [-0.05, 0) is 39.9 Å². The second-order valence-corrected chi connectivity index (χ2v) is 7.27. The van der Waals surface area contributed by atoms with Crippen molar-refractivity contribution < 1.29 is 19.6 Å². The van der Waals surface area contributed by atoms with Crippen LogP contribution in [0.3, 0.4) is 0 Å². The number of pyridine rings is 1. The number of aromatic nitrogens is 3. The molecule has 2 atom stereocenters. The van der Waals surface area contributed by atoms with Gasteiger partial charge in [0.05, 0.1) is 36.1 Å². The molecule has 3 rings (SSSR count). The zero-order chi connectivity index (χ0) is 18.8. The van der Waals surface area contributed by atoms with Crippen LogP contribution in [0.25, 0.3) is 0 Å². The minimum atomic E-state index is -0.576. The fourth-order valence-electron chi connectivity index (χ4n) is 3.37. The summed E-state index contributed by atoms with van der Waals surface area (Å²) in [6.45, 7) is 2.68. The van der Waals surface area contributed by atoms with Gasteiger partial charge in [0.1, 0.15) is 10.5 Å². The van der Waals surface area contributed by atoms with Crippen LogP contribution in [0.1, 0.15) is 30.1 Å². The molecule has 2 aromatic rings. The molecule has 1 aliphatic heterocycles. The van der Waals surface area contributed by atoms with Crippen LogP contribution in [0.4, 0.5) is 11.6 Å². The number of hydrogen-bond acceptors (Lipinski definition) is 4. The molecule has 0 spiro atoms. The van der Waals surface area contributed by atoms with Crippen molar-refractivity contribution in [3.63, 3.8) is 0 Å². The second-order valence-electron chi connectivity index (χ2n) is 6.48. The van der Waals surface area contributed by atoms with Crippen LogP contribution >= 0.6 is 15.9 Å². The first kappa shape index (κ1) is 18.5. The highest BCUT2D eigenvalue weighted by Crippen LogP contribution is 2.27. The number of quaternary nitrogens is 1. The predicted molar refractivity (Wildman–Crippen MR) is 96.7 cm³/mol. The van der Waals surface area contributed by atoms with Crippen LogP contribution in [0.5, 0.6) is 0 Å². The molecule has 3 N–H and O–H groups in total. The number of rotatable bonds is 5. The lowest BCUT2D eigenvalue weighted by Crippen LogP contribution is -3.07. The molecule has 3 heterocycles. The smallest absolute Gasteiger partial charge is 0.358 e. The molecular formula is C16H21BrN6O3+2. The molecule has 1 saturated heterocycles. The largest absolute Gasteiger partial charge is 0.404 e. The van der Waals surface area contributed by atoms with E-state index in [1.54, 1.807) is 13.1 Å². The minimum absolute atomic E-state index is 0.103. The van der Waals surface area contributed by atoms with Gasteiger partial charge in [0.2, 0.25) is 0 Å². The Bertz CT molecular complexity index is 853. The minimum Gasteiger partial charge on any atom is -0.358 e. The van der Waals surface area contributed by atoms with E-state index in [0.29, 0.717) is 22.0 Å². The lowest BCUT2D eigenvalue weighted by molar-refractivity contribution is -0.898. The quantitative estimate of drug-likeness (QED) is 0.542. The number of nitro groups is 1. The van der Waals surface area contributed by atoms with E-state index in [0.717, 1.165) is 24.9 Å². The van der Waals surface area contributed by atoms with Gasteiger partial charge in [0.15, 0.2) is 6.54 Å². The number of amides is 1. The van der Waals surface area contributed by atoms with Crippen molar-refractivity contribution in [3.8, 4) is 0 Å². The molecule has 26 heavy (non-hydrogen) atoms. The molecular weight excluding hydrogens is 404 g/mol. The Morgan fingerprint density at radius 3 is 3.00 bits per heavy atom. The molecule has 138 valence electrons. The zero-order valence-corrected chi connectivity index (χ0v) is 16.2. The Morgan fingerprint density at radius 1 is 1.62 bits per heavy atom. The van der Waals surface area contributed by atoms with Crippen molar-refractivity contribution >= 4 is 33.5 Å². The summed E-state index contributed by atoms with van der Waals surface area (Å²) in [5.41, 5.74) is 1.60. The maximum atomic E-state index is 12.5. The summed E-state index contributed by atoms with van der Waals surface area (Å²) in [7, 11) is 2.15. The summed E-state index contributed by atoms with van der Waals surface area (Å²) in [5.74, 6) is 0.0814. The fraction of sp³-hybridized carbons (Fsp3) is 0.438. The van der Waals surface area contributed by atoms with E-state index in [1.165, 1.54) is 9.58 Å². The average Bonchev–Trinajstić information content (AvgIpc) is 3.14. The Hall–Kier alpha value is -2.33. The Labute approximate surface area is 158 Å². The Kier molecular flexibility index (Phi) is 5.33. The molecule has 0 bridgehead atoms. The molecule has 1 aliphatic rings. The number of hydrogen-bond donors (Lipinski definition) is 2. The van der Waals surface area contributed by atoms with Crippen molar-refractivity contribution in [1.82, 2.24) is 9.78 Å². The summed E-state index contributed by atoms with van der Waals surface area (Å²) in [6.07, 6.45) is 4.00. The van der Waals surface area contributed by atoms with E-state index < -0.39 is 4.92 Å². The van der Waals surface area contributed by atoms with Gasteiger partial charge in [-0.15, -0.1) is 0 Å². The zero-order valence-electron chi connectivity index (χ0n) is 14.6. The first-order valence-corrected chi connectivity index (χ1v) is 9.18. The van der Waals surface area contributed by atoms with Crippen LogP contribution in [-0.4, -0.2) is 34.2 Å². The van der Waals surface area contributed by atoms with Gasteiger partial charge < -0.3 is 15.0 Å². The van der Waals surface area contributed by atoms with E-state index in [4.69, 9.17) is 0 Å². The van der Waals surface area contributed by atoms with Gasteiger partial charge in [0, 0.05) is 12.8 Å². The normalized spacial score (nSPS) is 19.5. The molecule has 0 saturated carbocycles. The number of nitrogens with one attached hydrogen (secondary N) is 3. The third kappa shape index (κ3) is 3.61. The van der Waals surface area contributed by atoms with E-state index >= 15 is 0 Å². The summed E-state index contributed by atoms with van der Waals surface area (Å²) >= 11 is 3.16. The van der Waals surface area contributed by atoms with Crippen LogP contribution < -0.4 is 15.2 Å². The average molecular weight is 425 g/mol. The first-order chi connectivity index (χ1) is 12.4. The van der Waals surface area contributed by atoms with Gasteiger partial charge in [-0.3, -0.25) is 0 Å². The Morgan fingerprint density at radius 2 is 2.38 bits per heavy atom. The van der Waals surface area contributed by atoms with Crippen molar-refractivity contribution in [2.45, 2.75) is 32.4 Å². The van der Waals surface area contributed by atoms with Crippen molar-refractivity contribution in [3.05, 3.63) is 44.2 Å². The van der Waals surface area contributed by atoms with E-state index in [9.17, 15) is 14.9 Å². The lowest BCUT2D eigenvalue weighted by Gasteiger charge is -2.16. The SMILES string of the molecule is Cc1c(Br)c([N+](=O)[O-])nn1CC(=O)Nc1[nH+]cccc1C1CCC[NH+]1C. The maximum absolute atomic E-state index is 12.5. The monoisotopic (exact) mass is 424 g/mol. The standard InChI is InChI=1S/C16H19BrN6O3/c1-10-14(17)16(23(25)26)20-22(10)9-13(24)19-15-11(5-3-7-18-15)12-6-4-8-21(12)2/h3,5,7,12H,4,6,8-9H2,1-2H3,(H,18,19,24)/p+2. The number of H-pyrrole nitrogens is 1. The third-order valence-corrected chi connectivity index (χ3v) is 5.70. The van der Waals surface area contributed by atoms with Crippen molar-refractivity contribution in [2.24, 2.45) is 0 Å². The summed E-state index contributed by atoms with van der Waals surface area (Å²) in [4.78, 5) is 27.4. The number of anilines is 1. The van der Waals surface area contributed by atoms with Gasteiger partial charge in [-0.2, -0.15) is 4.68 Å². The number of nitrogens with zero attached hydrogens (tertiary/aromatic N) is 3. The number of carbonyl (C=O) groups excluding carboxylic acids is 1. The van der Waals surface area contributed by atoms with Gasteiger partial charge in [0.25, 0.3) is 5.82 Å². The summed E-state index contributed by atoms with van der Waals surface area (Å²) in [6, 6.07) is 4.28. The van der Waals surface area contributed by atoms with Crippen LogP contribution in [0.2, 0.25) is 0 Å². The maximum Gasteiger partial charge on any atom is 0.404 e. The van der Waals surface area contributed by atoms with E-state index in [-0.39, 0.29) is 18.3 Å². The summed E-state index contributed by atoms with van der Waals surface area (Å²) < 4.78 is 1.62. The third-order valence-electron chi connectivity index (χ3n) is 4.77. The highest BCUT2D eigenvalue weighted by Gasteiger charge is 2.32. The van der Waals surface area contributed by atoms with Crippen LogP contribution in [0.15, 0.2) is 22.8 Å². The lowest BCUT2D eigenvalue weighted by atomic mass is 10.1. The molecule has 1 amide bonds. The predicted octanol–water partition coefficient (Wildman–Crippen LogP) is 0.665. The van der Waals surface area contributed by atoms with Gasteiger partial charge in [-0.1, -0.05) is 0 Å². The molecule has 0 radical (unpaired) electrons. The molecule has 9 nitrogen and oxygen atoms in total. The molecule has 2 aromatic heterocycles. The first-order valence-electron chi connectivity index (χ1n) is 8.38. The number of carbonyl (C=O) groups is 1. The molecule has 1 fully saturated rings.